The summed E-state index contributed by atoms with van der Waals surface area (Å²) in [7, 11) is 0. The molecule has 0 amide bonds. The fraction of sp³-hybridized carbons (Fsp3) is 0.500. The van der Waals surface area contributed by atoms with Crippen molar-refractivity contribution < 1.29 is 3.87 Å². The molecule has 0 radical (unpaired) electrons. The lowest BCUT2D eigenvalue weighted by Gasteiger charge is -1.54. The molecule has 0 saturated heterocycles. The molecule has 2 heteroatoms. The molecule has 1 nitrogen and oxygen atoms in total. The van der Waals surface area contributed by atoms with Crippen LogP contribution in [0.15, 0.2) is 0 Å². The van der Waals surface area contributed by atoms with Gasteiger partial charge < -0.3 is 3.87 Å². The van der Waals surface area contributed by atoms with E-state index in [2.05, 4.69) is 16.8 Å². The van der Waals surface area contributed by atoms with Crippen LogP contribution < -0.4 is 0 Å². The van der Waals surface area contributed by atoms with Crippen LogP contribution in [0.4, 0.5) is 0 Å². The minimum absolute atomic E-state index is 1.44. The van der Waals surface area contributed by atoms with Crippen LogP contribution in [0.25, 0.3) is 0 Å². The van der Waals surface area contributed by atoms with Crippen LogP contribution in [-0.2, 0) is 16.8 Å². The number of hydrogen-bond donors (Lipinski definition) is 0. The minimum atomic E-state index is 1.44. The lowest BCUT2D eigenvalue weighted by atomic mass is 11.0. The Hall–Kier alpha value is -0.110. The Morgan fingerprint density at radius 1 is 2.00 bits per heavy atom. The normalized spacial score (nSPS) is 9.25. The molecule has 0 aliphatic rings. The zero-order valence-corrected chi connectivity index (χ0v) is 3.21. The molecular formula is C2H4OS. The first-order chi connectivity index (χ1) is 1.91. The van der Waals surface area contributed by atoms with E-state index in [1.807, 2.05) is 0 Å². The summed E-state index contributed by atoms with van der Waals surface area (Å²) in [6, 6.07) is 0. The van der Waals surface area contributed by atoms with Crippen LogP contribution in [0.5, 0.6) is 0 Å². The lowest BCUT2D eigenvalue weighted by molar-refractivity contribution is -0.234. The summed E-state index contributed by atoms with van der Waals surface area (Å²) in [6.45, 7) is 1.73. The summed E-state index contributed by atoms with van der Waals surface area (Å²) in [5.41, 5.74) is 0. The molecular weight excluding hydrogens is 72.1 g/mol. The molecule has 0 saturated carbocycles. The van der Waals surface area contributed by atoms with Gasteiger partial charge in [-0.2, -0.15) is 0 Å². The van der Waals surface area contributed by atoms with Crippen molar-refractivity contribution in [2.24, 2.45) is 0 Å². The third kappa shape index (κ3) is 1.89. The van der Waals surface area contributed by atoms with E-state index in [1.165, 1.54) is 6.29 Å². The Kier molecular flexibility index (Phi) is 2.81. The van der Waals surface area contributed by atoms with Crippen LogP contribution >= 0.6 is 0 Å². The standard InChI is InChI=1S/C2H4OS/c1-2-3-4/h2H,1H3. The van der Waals surface area contributed by atoms with Gasteiger partial charge in [0.2, 0.25) is 0 Å². The topological polar surface area (TPSA) is 11.3 Å². The molecule has 0 N–H and O–H groups in total. The second-order valence-corrected chi connectivity index (χ2v) is 0.524. The monoisotopic (exact) mass is 76.0 g/mol. The zero-order chi connectivity index (χ0) is 3.41. The number of carbonyl (C=O) groups excluding carboxylic acids is 1. The summed E-state index contributed by atoms with van der Waals surface area (Å²) in [5, 5.41) is 0. The summed E-state index contributed by atoms with van der Waals surface area (Å²) in [4.78, 5) is 0. The minimum Gasteiger partial charge on any atom is -0.360 e. The highest BCUT2D eigenvalue weighted by atomic mass is 32.1. The predicted molar refractivity (Wildman–Crippen MR) is 19.1 cm³/mol. The van der Waals surface area contributed by atoms with Crippen molar-refractivity contribution >= 4 is 19.2 Å². The van der Waals surface area contributed by atoms with Gasteiger partial charge in [0, 0.05) is 6.92 Å². The molecule has 0 aromatic carbocycles. The molecule has 0 bridgehead atoms. The van der Waals surface area contributed by atoms with Crippen molar-refractivity contribution in [2.45, 2.75) is 6.92 Å². The molecule has 0 aromatic heterocycles. The van der Waals surface area contributed by atoms with E-state index in [-0.39, 0.29) is 0 Å². The van der Waals surface area contributed by atoms with Gasteiger partial charge in [-0.05, 0) is 0 Å². The second-order valence-electron chi connectivity index (χ2n) is 0.332. The third-order valence-electron chi connectivity index (χ3n) is 0.0962. The third-order valence-corrected chi connectivity index (χ3v) is 0.289. The van der Waals surface area contributed by atoms with Crippen molar-refractivity contribution in [2.75, 3.05) is 0 Å². The highest BCUT2D eigenvalue weighted by Gasteiger charge is 1.42. The molecule has 0 aliphatic heterocycles. The Morgan fingerprint density at radius 2 is 2.25 bits per heavy atom. The van der Waals surface area contributed by atoms with Gasteiger partial charge >= 0.3 is 0 Å². The molecule has 4 heavy (non-hydrogen) atoms. The Balaban J connectivity index is 2.55. The van der Waals surface area contributed by atoms with Gasteiger partial charge in [-0.3, -0.25) is 0 Å². The van der Waals surface area contributed by atoms with Crippen LogP contribution in [0.1, 0.15) is 6.92 Å². The molecule has 0 aliphatic carbocycles. The van der Waals surface area contributed by atoms with E-state index >= 15 is 0 Å². The van der Waals surface area contributed by atoms with Gasteiger partial charge in [-0.15, -0.1) is 0 Å². The van der Waals surface area contributed by atoms with Gasteiger partial charge in [-0.25, -0.2) is 12.9 Å². The van der Waals surface area contributed by atoms with Crippen molar-refractivity contribution in [3.63, 3.8) is 0 Å². The molecule has 0 heterocycles. The van der Waals surface area contributed by atoms with Gasteiger partial charge in [0.1, 0.15) is 0 Å². The van der Waals surface area contributed by atoms with E-state index in [9.17, 15) is 0 Å². The smallest absolute Gasteiger partial charge is 0.262 e. The van der Waals surface area contributed by atoms with E-state index in [1.54, 1.807) is 6.92 Å². The lowest BCUT2D eigenvalue weighted by Crippen LogP contribution is -1.54. The molecule has 0 fully saturated rings. The average molecular weight is 76.1 g/mol. The Morgan fingerprint density at radius 3 is 2.25 bits per heavy atom. The Bertz CT molecular complexity index is 21.2. The van der Waals surface area contributed by atoms with Crippen LogP contribution in [0, 0.1) is 0 Å². The number of hydrogen-bond acceptors (Lipinski definition) is 1. The van der Waals surface area contributed by atoms with Crippen molar-refractivity contribution in [3.05, 3.63) is 0 Å². The van der Waals surface area contributed by atoms with Gasteiger partial charge in [-0.1, -0.05) is 0 Å². The average Bonchev–Trinajstić information content (AvgIpc) is 1.37. The first-order valence-corrected chi connectivity index (χ1v) is 1.31. The van der Waals surface area contributed by atoms with Gasteiger partial charge in [0.05, 0.1) is 0 Å². The molecule has 0 rings (SSSR count). The quantitative estimate of drug-likeness (QED) is 0.228. The van der Waals surface area contributed by atoms with Crippen LogP contribution in [-0.4, -0.2) is 6.29 Å². The second kappa shape index (κ2) is 2.89. The largest absolute Gasteiger partial charge is 0.360 e. The molecule has 0 unspecified atom stereocenters. The summed E-state index contributed by atoms with van der Waals surface area (Å²) < 4.78 is 4.00. The number of rotatable bonds is 0. The van der Waals surface area contributed by atoms with Crippen molar-refractivity contribution in [1.82, 2.24) is 0 Å². The first kappa shape index (κ1) is 3.89. The Labute approximate surface area is 30.9 Å². The fourth-order valence-corrected chi connectivity index (χ4v) is 0. The van der Waals surface area contributed by atoms with Crippen LogP contribution in [0.2, 0.25) is 0 Å². The van der Waals surface area contributed by atoms with Crippen LogP contribution in [0.3, 0.4) is 0 Å². The fourth-order valence-electron chi connectivity index (χ4n) is 0. The van der Waals surface area contributed by atoms with E-state index in [0.29, 0.717) is 0 Å². The van der Waals surface area contributed by atoms with Gasteiger partial charge in [0.15, 0.2) is 0 Å². The summed E-state index contributed by atoms with van der Waals surface area (Å²) in [6.07, 6.45) is 1.44. The molecule has 0 atom stereocenters. The SMILES string of the molecule is CC=[O+][S-]. The first-order valence-electron chi connectivity index (χ1n) is 0.980. The van der Waals surface area contributed by atoms with E-state index < -0.39 is 0 Å². The summed E-state index contributed by atoms with van der Waals surface area (Å²) in [5.74, 6) is 0. The molecule has 0 aromatic rings. The van der Waals surface area contributed by atoms with E-state index in [4.69, 9.17) is 0 Å². The zero-order valence-electron chi connectivity index (χ0n) is 2.39. The molecule has 24 valence electrons. The van der Waals surface area contributed by atoms with Crippen molar-refractivity contribution in [1.29, 1.82) is 0 Å². The summed E-state index contributed by atoms with van der Waals surface area (Å²) >= 11 is 4.00. The van der Waals surface area contributed by atoms with Crippen molar-refractivity contribution in [3.8, 4) is 0 Å². The highest BCUT2D eigenvalue weighted by Crippen LogP contribution is 1.31. The maximum Gasteiger partial charge on any atom is 0.262 e. The van der Waals surface area contributed by atoms with Gasteiger partial charge in [0.25, 0.3) is 6.29 Å². The van der Waals surface area contributed by atoms with E-state index in [0.717, 1.165) is 0 Å². The predicted octanol–water partition coefficient (Wildman–Crippen LogP) is 0.203. The highest BCUT2D eigenvalue weighted by molar-refractivity contribution is 7.50. The number of aldehydes is 1. The maximum absolute atomic E-state index is 4.00. The maximum atomic E-state index is 4.00. The molecule has 0 spiro atoms.